The van der Waals surface area contributed by atoms with E-state index in [2.05, 4.69) is 10.6 Å². The third kappa shape index (κ3) is 4.57. The molecule has 1 aliphatic rings. The number of anilines is 2. The van der Waals surface area contributed by atoms with E-state index in [-0.39, 0.29) is 18.3 Å². The van der Waals surface area contributed by atoms with Gasteiger partial charge in [-0.2, -0.15) is 5.26 Å². The Labute approximate surface area is 191 Å². The zero-order chi connectivity index (χ0) is 23.5. The molecule has 0 bridgehead atoms. The van der Waals surface area contributed by atoms with Gasteiger partial charge in [0.15, 0.2) is 11.5 Å². The number of hydrogen-bond donors (Lipinski definition) is 2. The number of aromatic nitrogens is 1. The lowest BCUT2D eigenvalue weighted by Gasteiger charge is -2.10. The molecule has 0 fully saturated rings. The largest absolute Gasteiger partial charge is 0.454 e. The van der Waals surface area contributed by atoms with Gasteiger partial charge < -0.3 is 24.7 Å². The number of rotatable bonds is 5. The van der Waals surface area contributed by atoms with E-state index < -0.39 is 5.91 Å². The van der Waals surface area contributed by atoms with Crippen molar-refractivity contribution >= 4 is 29.3 Å². The molecule has 2 N–H and O–H groups in total. The van der Waals surface area contributed by atoms with Crippen molar-refractivity contribution in [1.29, 1.82) is 5.26 Å². The molecule has 0 spiro atoms. The molecule has 1 aromatic heterocycles. The number of benzene rings is 2. The summed E-state index contributed by atoms with van der Waals surface area (Å²) in [6, 6.07) is 16.3. The first kappa shape index (κ1) is 21.7. The van der Waals surface area contributed by atoms with Gasteiger partial charge in [-0.05, 0) is 68.0 Å². The summed E-state index contributed by atoms with van der Waals surface area (Å²) in [6.45, 7) is 5.50. The molecule has 2 aromatic carbocycles. The van der Waals surface area contributed by atoms with E-state index in [1.807, 2.05) is 48.7 Å². The standard InChI is InChI=1S/C25H22N4O4/c1-15-10-18(16(2)29(15)22-8-9-23-24(12-22)33-14-32-23)11-19(13-26)25(31)28-21-6-4-20(5-7-21)27-17(3)30/h4-12H,14H2,1-3H3,(H,27,30)(H,28,31)/b19-11+. The number of nitrogens with zero attached hydrogens (tertiary/aromatic N) is 2. The molecule has 0 saturated carbocycles. The number of carbonyl (C=O) groups is 2. The molecule has 2 amide bonds. The second kappa shape index (κ2) is 8.93. The fourth-order valence-electron chi connectivity index (χ4n) is 3.70. The number of hydrogen-bond acceptors (Lipinski definition) is 5. The molecule has 1 aliphatic heterocycles. The van der Waals surface area contributed by atoms with Crippen molar-refractivity contribution < 1.29 is 19.1 Å². The Morgan fingerprint density at radius 3 is 2.33 bits per heavy atom. The second-order valence-corrected chi connectivity index (χ2v) is 7.58. The Hall–Kier alpha value is -4.51. The Kier molecular flexibility index (Phi) is 5.87. The minimum Gasteiger partial charge on any atom is -0.454 e. The molecule has 8 nitrogen and oxygen atoms in total. The highest BCUT2D eigenvalue weighted by molar-refractivity contribution is 6.09. The normalized spacial score (nSPS) is 12.2. The summed E-state index contributed by atoms with van der Waals surface area (Å²) in [7, 11) is 0. The number of aryl methyl sites for hydroxylation is 1. The van der Waals surface area contributed by atoms with E-state index in [1.54, 1.807) is 30.3 Å². The lowest BCUT2D eigenvalue weighted by atomic mass is 10.1. The van der Waals surface area contributed by atoms with Crippen LogP contribution >= 0.6 is 0 Å². The Bertz CT molecular complexity index is 1310. The molecule has 3 aromatic rings. The highest BCUT2D eigenvalue weighted by Gasteiger charge is 2.17. The molecule has 0 atom stereocenters. The van der Waals surface area contributed by atoms with E-state index in [9.17, 15) is 14.9 Å². The summed E-state index contributed by atoms with van der Waals surface area (Å²) in [4.78, 5) is 23.8. The first-order chi connectivity index (χ1) is 15.9. The SMILES string of the molecule is CC(=O)Nc1ccc(NC(=O)/C(C#N)=C/c2cc(C)n(-c3ccc4c(c3)OCO4)c2C)cc1. The van der Waals surface area contributed by atoms with Crippen LogP contribution in [0.1, 0.15) is 23.9 Å². The summed E-state index contributed by atoms with van der Waals surface area (Å²) in [5, 5.41) is 15.0. The van der Waals surface area contributed by atoms with Crippen LogP contribution in [-0.2, 0) is 9.59 Å². The van der Waals surface area contributed by atoms with E-state index in [4.69, 9.17) is 9.47 Å². The minimum atomic E-state index is -0.516. The van der Waals surface area contributed by atoms with Gasteiger partial charge in [0.2, 0.25) is 12.7 Å². The van der Waals surface area contributed by atoms with Crippen LogP contribution in [0.15, 0.2) is 54.1 Å². The lowest BCUT2D eigenvalue weighted by molar-refractivity contribution is -0.114. The predicted octanol–water partition coefficient (Wildman–Crippen LogP) is 4.33. The number of ether oxygens (including phenoxy) is 2. The van der Waals surface area contributed by atoms with Crippen molar-refractivity contribution in [2.45, 2.75) is 20.8 Å². The maximum atomic E-state index is 12.7. The van der Waals surface area contributed by atoms with Gasteiger partial charge in [-0.1, -0.05) is 0 Å². The maximum absolute atomic E-state index is 12.7. The van der Waals surface area contributed by atoms with Crippen molar-refractivity contribution in [3.8, 4) is 23.3 Å². The van der Waals surface area contributed by atoms with Gasteiger partial charge in [0.1, 0.15) is 11.6 Å². The zero-order valence-electron chi connectivity index (χ0n) is 18.4. The van der Waals surface area contributed by atoms with E-state index >= 15 is 0 Å². The lowest BCUT2D eigenvalue weighted by Crippen LogP contribution is -2.13. The highest BCUT2D eigenvalue weighted by Crippen LogP contribution is 2.35. The summed E-state index contributed by atoms with van der Waals surface area (Å²) in [6.07, 6.45) is 1.58. The summed E-state index contributed by atoms with van der Waals surface area (Å²) in [5.41, 5.74) is 4.60. The van der Waals surface area contributed by atoms with Crippen LogP contribution < -0.4 is 20.1 Å². The average Bonchev–Trinajstić information content (AvgIpc) is 3.36. The molecule has 4 rings (SSSR count). The molecular formula is C25H22N4O4. The molecule has 33 heavy (non-hydrogen) atoms. The van der Waals surface area contributed by atoms with Crippen molar-refractivity contribution in [3.63, 3.8) is 0 Å². The number of nitrogens with one attached hydrogen (secondary N) is 2. The molecule has 0 unspecified atom stereocenters. The summed E-state index contributed by atoms with van der Waals surface area (Å²) in [5.74, 6) is 0.686. The molecule has 2 heterocycles. The fraction of sp³-hybridized carbons (Fsp3) is 0.160. The predicted molar refractivity (Wildman–Crippen MR) is 124 cm³/mol. The van der Waals surface area contributed by atoms with Gasteiger partial charge in [0.25, 0.3) is 5.91 Å². The number of amides is 2. The van der Waals surface area contributed by atoms with Crippen LogP contribution in [-0.4, -0.2) is 23.2 Å². The first-order valence-electron chi connectivity index (χ1n) is 10.3. The topological polar surface area (TPSA) is 105 Å². The third-order valence-electron chi connectivity index (χ3n) is 5.21. The van der Waals surface area contributed by atoms with Crippen LogP contribution in [0.2, 0.25) is 0 Å². The van der Waals surface area contributed by atoms with Gasteiger partial charge >= 0.3 is 0 Å². The number of carbonyl (C=O) groups excluding carboxylic acids is 2. The van der Waals surface area contributed by atoms with E-state index in [0.29, 0.717) is 22.9 Å². The Balaban J connectivity index is 1.57. The average molecular weight is 442 g/mol. The van der Waals surface area contributed by atoms with Crippen LogP contribution in [0.4, 0.5) is 11.4 Å². The maximum Gasteiger partial charge on any atom is 0.266 e. The van der Waals surface area contributed by atoms with E-state index in [0.717, 1.165) is 22.6 Å². The molecule has 0 radical (unpaired) electrons. The smallest absolute Gasteiger partial charge is 0.266 e. The number of fused-ring (bicyclic) bond motifs is 1. The minimum absolute atomic E-state index is 0.0214. The van der Waals surface area contributed by atoms with Crippen LogP contribution in [0.25, 0.3) is 11.8 Å². The summed E-state index contributed by atoms with van der Waals surface area (Å²) < 4.78 is 12.9. The van der Waals surface area contributed by atoms with Crippen molar-refractivity contribution in [3.05, 3.63) is 71.1 Å². The Morgan fingerprint density at radius 2 is 1.67 bits per heavy atom. The van der Waals surface area contributed by atoms with Gasteiger partial charge in [0.05, 0.1) is 0 Å². The third-order valence-corrected chi connectivity index (χ3v) is 5.21. The molecular weight excluding hydrogens is 420 g/mol. The molecule has 0 saturated heterocycles. The van der Waals surface area contributed by atoms with Gasteiger partial charge in [-0.3, -0.25) is 9.59 Å². The van der Waals surface area contributed by atoms with Crippen molar-refractivity contribution in [2.24, 2.45) is 0 Å². The highest BCUT2D eigenvalue weighted by atomic mass is 16.7. The van der Waals surface area contributed by atoms with Gasteiger partial charge in [0, 0.05) is 41.4 Å². The van der Waals surface area contributed by atoms with Gasteiger partial charge in [-0.25, -0.2) is 0 Å². The van der Waals surface area contributed by atoms with E-state index in [1.165, 1.54) is 6.92 Å². The zero-order valence-corrected chi connectivity index (χ0v) is 18.4. The Morgan fingerprint density at radius 1 is 1.00 bits per heavy atom. The quantitative estimate of drug-likeness (QED) is 0.452. The second-order valence-electron chi connectivity index (χ2n) is 7.58. The van der Waals surface area contributed by atoms with Crippen LogP contribution in [0, 0.1) is 25.2 Å². The van der Waals surface area contributed by atoms with Crippen LogP contribution in [0.5, 0.6) is 11.5 Å². The first-order valence-corrected chi connectivity index (χ1v) is 10.3. The van der Waals surface area contributed by atoms with Crippen LogP contribution in [0.3, 0.4) is 0 Å². The fourth-order valence-corrected chi connectivity index (χ4v) is 3.70. The number of nitriles is 1. The molecule has 0 aliphatic carbocycles. The van der Waals surface area contributed by atoms with Crippen molar-refractivity contribution in [1.82, 2.24) is 4.57 Å². The van der Waals surface area contributed by atoms with Gasteiger partial charge in [-0.15, -0.1) is 0 Å². The van der Waals surface area contributed by atoms with Crippen molar-refractivity contribution in [2.75, 3.05) is 17.4 Å². The molecule has 166 valence electrons. The molecule has 8 heteroatoms. The monoisotopic (exact) mass is 442 g/mol. The summed E-state index contributed by atoms with van der Waals surface area (Å²) >= 11 is 0.